The van der Waals surface area contributed by atoms with E-state index in [1.165, 1.54) is 11.6 Å². The summed E-state index contributed by atoms with van der Waals surface area (Å²) >= 11 is 0. The van der Waals surface area contributed by atoms with Gasteiger partial charge in [-0.25, -0.2) is 4.79 Å². The summed E-state index contributed by atoms with van der Waals surface area (Å²) < 4.78 is 16.2. The highest BCUT2D eigenvalue weighted by Crippen LogP contribution is 2.30. The van der Waals surface area contributed by atoms with Gasteiger partial charge in [0, 0.05) is 19.0 Å². The molecule has 0 bridgehead atoms. The number of hydrogen-bond acceptors (Lipinski definition) is 5. The third-order valence-corrected chi connectivity index (χ3v) is 4.91. The Morgan fingerprint density at radius 3 is 2.55 bits per heavy atom. The number of ether oxygens (including phenoxy) is 3. The molecule has 164 valence electrons. The van der Waals surface area contributed by atoms with Gasteiger partial charge in [-0.2, -0.15) is 0 Å². The van der Waals surface area contributed by atoms with Gasteiger partial charge >= 0.3 is 5.97 Å². The number of carbonyl (C=O) groups is 2. The summed E-state index contributed by atoms with van der Waals surface area (Å²) in [6.45, 7) is 5.72. The van der Waals surface area contributed by atoms with Crippen LogP contribution in [0.2, 0.25) is 0 Å². The summed E-state index contributed by atoms with van der Waals surface area (Å²) in [7, 11) is 0. The van der Waals surface area contributed by atoms with Gasteiger partial charge in [0.15, 0.2) is 18.1 Å². The number of carbonyl (C=O) groups excluding carboxylic acids is 2. The van der Waals surface area contributed by atoms with Crippen molar-refractivity contribution in [3.63, 3.8) is 0 Å². The van der Waals surface area contributed by atoms with E-state index in [0.717, 1.165) is 24.0 Å². The van der Waals surface area contributed by atoms with Crippen LogP contribution >= 0.6 is 0 Å². The predicted molar refractivity (Wildman–Crippen MR) is 119 cm³/mol. The molecule has 6 nitrogen and oxygen atoms in total. The molecule has 6 heteroatoms. The Labute approximate surface area is 183 Å². The molecule has 0 saturated carbocycles. The zero-order chi connectivity index (χ0) is 22.1. The van der Waals surface area contributed by atoms with Crippen LogP contribution in [0.4, 0.5) is 0 Å². The molecule has 1 amide bonds. The zero-order valence-electron chi connectivity index (χ0n) is 18.1. The Bertz CT molecular complexity index is 918. The second-order valence-corrected chi connectivity index (χ2v) is 7.69. The zero-order valence-corrected chi connectivity index (χ0v) is 18.1. The lowest BCUT2D eigenvalue weighted by Gasteiger charge is -2.08. The van der Waals surface area contributed by atoms with Gasteiger partial charge in [-0.15, -0.1) is 0 Å². The van der Waals surface area contributed by atoms with Crippen molar-refractivity contribution in [2.75, 3.05) is 26.4 Å². The van der Waals surface area contributed by atoms with Crippen molar-refractivity contribution >= 4 is 18.0 Å². The predicted octanol–water partition coefficient (Wildman–Crippen LogP) is 3.89. The quantitative estimate of drug-likeness (QED) is 0.515. The lowest BCUT2D eigenvalue weighted by molar-refractivity contribution is -0.143. The Morgan fingerprint density at radius 1 is 1.06 bits per heavy atom. The number of amides is 1. The van der Waals surface area contributed by atoms with Crippen LogP contribution in [0, 0.1) is 0 Å². The van der Waals surface area contributed by atoms with Crippen molar-refractivity contribution in [2.45, 2.75) is 32.6 Å². The molecule has 2 aromatic carbocycles. The third-order valence-electron chi connectivity index (χ3n) is 4.91. The Kier molecular flexibility index (Phi) is 8.10. The number of nitrogens with one attached hydrogen (secondary N) is 1. The van der Waals surface area contributed by atoms with Crippen LogP contribution in [0.25, 0.3) is 6.08 Å². The maximum atomic E-state index is 11.9. The van der Waals surface area contributed by atoms with Gasteiger partial charge in [0.2, 0.25) is 0 Å². The van der Waals surface area contributed by atoms with E-state index in [9.17, 15) is 9.59 Å². The minimum absolute atomic E-state index is 0.309. The SMILES string of the molecule is CC(C)c1ccc(CCNC(=O)COC(=O)/C=C/c2ccc3c(c2)OCCCO3)cc1. The number of fused-ring (bicyclic) bond motifs is 1. The standard InChI is InChI=1S/C25H29NO5/c1-18(2)21-8-4-19(5-9-21)12-13-26-24(27)17-31-25(28)11-7-20-6-10-22-23(16-20)30-15-3-14-29-22/h4-11,16,18H,3,12-15,17H2,1-2H3,(H,26,27)/b11-7+. The molecule has 0 saturated heterocycles. The molecule has 0 aromatic heterocycles. The lowest BCUT2D eigenvalue weighted by atomic mass is 10.0. The van der Waals surface area contributed by atoms with Crippen LogP contribution < -0.4 is 14.8 Å². The fraction of sp³-hybridized carbons (Fsp3) is 0.360. The van der Waals surface area contributed by atoms with E-state index in [2.05, 4.69) is 43.4 Å². The van der Waals surface area contributed by atoms with Crippen LogP contribution in [0.1, 0.15) is 42.9 Å². The maximum absolute atomic E-state index is 11.9. The number of benzene rings is 2. The highest BCUT2D eigenvalue weighted by atomic mass is 16.5. The maximum Gasteiger partial charge on any atom is 0.331 e. The highest BCUT2D eigenvalue weighted by molar-refractivity contribution is 5.89. The molecule has 31 heavy (non-hydrogen) atoms. The van der Waals surface area contributed by atoms with E-state index in [1.54, 1.807) is 6.08 Å². The second kappa shape index (κ2) is 11.2. The van der Waals surface area contributed by atoms with Crippen molar-refractivity contribution in [3.8, 4) is 11.5 Å². The first-order valence-corrected chi connectivity index (χ1v) is 10.6. The van der Waals surface area contributed by atoms with Crippen LogP contribution in [-0.4, -0.2) is 38.2 Å². The monoisotopic (exact) mass is 423 g/mol. The van der Waals surface area contributed by atoms with Gasteiger partial charge in [0.1, 0.15) is 0 Å². The average Bonchev–Trinajstić information content (AvgIpc) is 3.01. The third kappa shape index (κ3) is 7.17. The van der Waals surface area contributed by atoms with E-state index in [1.807, 2.05) is 18.2 Å². The molecular weight excluding hydrogens is 394 g/mol. The largest absolute Gasteiger partial charge is 0.490 e. The molecule has 1 aliphatic rings. The summed E-state index contributed by atoms with van der Waals surface area (Å²) in [6.07, 6.45) is 4.47. The summed E-state index contributed by atoms with van der Waals surface area (Å²) in [5.74, 6) is 0.954. The number of esters is 1. The van der Waals surface area contributed by atoms with Crippen molar-refractivity contribution in [3.05, 3.63) is 65.2 Å². The summed E-state index contributed by atoms with van der Waals surface area (Å²) in [6, 6.07) is 13.8. The molecule has 2 aromatic rings. The molecule has 1 N–H and O–H groups in total. The van der Waals surface area contributed by atoms with Crippen molar-refractivity contribution < 1.29 is 23.8 Å². The first-order valence-electron chi connectivity index (χ1n) is 10.6. The molecule has 1 heterocycles. The van der Waals surface area contributed by atoms with Crippen LogP contribution in [0.5, 0.6) is 11.5 Å². The lowest BCUT2D eigenvalue weighted by Crippen LogP contribution is -2.30. The summed E-state index contributed by atoms with van der Waals surface area (Å²) in [4.78, 5) is 23.8. The van der Waals surface area contributed by atoms with E-state index in [4.69, 9.17) is 14.2 Å². The summed E-state index contributed by atoms with van der Waals surface area (Å²) in [5, 5.41) is 2.77. The van der Waals surface area contributed by atoms with Crippen molar-refractivity contribution in [1.29, 1.82) is 0 Å². The Balaban J connectivity index is 1.38. The molecule has 0 radical (unpaired) electrons. The van der Waals surface area contributed by atoms with Gasteiger partial charge in [0.05, 0.1) is 13.2 Å². The van der Waals surface area contributed by atoms with Crippen LogP contribution in [0.3, 0.4) is 0 Å². The number of rotatable bonds is 8. The van der Waals surface area contributed by atoms with Gasteiger partial charge in [-0.1, -0.05) is 44.2 Å². The topological polar surface area (TPSA) is 73.9 Å². The molecule has 0 atom stereocenters. The molecule has 0 spiro atoms. The Hall–Kier alpha value is -3.28. The smallest absolute Gasteiger partial charge is 0.331 e. The molecule has 3 rings (SSSR count). The molecule has 0 fully saturated rings. The molecule has 0 unspecified atom stereocenters. The van der Waals surface area contributed by atoms with Gasteiger partial charge < -0.3 is 19.5 Å². The first-order chi connectivity index (χ1) is 15.0. The fourth-order valence-corrected chi connectivity index (χ4v) is 3.10. The number of hydrogen-bond donors (Lipinski definition) is 1. The van der Waals surface area contributed by atoms with Crippen LogP contribution in [-0.2, 0) is 20.7 Å². The van der Waals surface area contributed by atoms with Crippen molar-refractivity contribution in [1.82, 2.24) is 5.32 Å². The fourth-order valence-electron chi connectivity index (χ4n) is 3.10. The highest BCUT2D eigenvalue weighted by Gasteiger charge is 2.10. The molecule has 0 aliphatic carbocycles. The second-order valence-electron chi connectivity index (χ2n) is 7.69. The normalized spacial score (nSPS) is 13.1. The van der Waals surface area contributed by atoms with Crippen molar-refractivity contribution in [2.24, 2.45) is 0 Å². The minimum atomic E-state index is -0.577. The van der Waals surface area contributed by atoms with E-state index in [-0.39, 0.29) is 12.5 Å². The average molecular weight is 424 g/mol. The van der Waals surface area contributed by atoms with E-state index >= 15 is 0 Å². The molecular formula is C25H29NO5. The van der Waals surface area contributed by atoms with E-state index in [0.29, 0.717) is 37.2 Å². The van der Waals surface area contributed by atoms with Gasteiger partial charge in [0.25, 0.3) is 5.91 Å². The van der Waals surface area contributed by atoms with Gasteiger partial charge in [-0.3, -0.25) is 4.79 Å². The Morgan fingerprint density at radius 2 is 1.81 bits per heavy atom. The van der Waals surface area contributed by atoms with E-state index < -0.39 is 5.97 Å². The van der Waals surface area contributed by atoms with Crippen LogP contribution in [0.15, 0.2) is 48.5 Å². The first kappa shape index (κ1) is 22.4. The minimum Gasteiger partial charge on any atom is -0.490 e. The summed E-state index contributed by atoms with van der Waals surface area (Å²) in [5.41, 5.74) is 3.23. The van der Waals surface area contributed by atoms with Gasteiger partial charge in [-0.05, 0) is 47.2 Å². The molecule has 1 aliphatic heterocycles.